The SMILES string of the molecule is O=C(Nc1cccc(-c2ccc3nnc(-c4cccnc4)n3n2)c1)c1cc(-c2ccco2)on1. The number of rotatable bonds is 5. The average molecular weight is 449 g/mol. The molecular formula is C24H15N7O3. The quantitative estimate of drug-likeness (QED) is 0.412. The summed E-state index contributed by atoms with van der Waals surface area (Å²) in [6, 6.07) is 19.8. The molecule has 1 aromatic carbocycles. The minimum Gasteiger partial charge on any atom is -0.461 e. The lowest BCUT2D eigenvalue weighted by Crippen LogP contribution is -2.12. The summed E-state index contributed by atoms with van der Waals surface area (Å²) < 4.78 is 12.1. The van der Waals surface area contributed by atoms with Crippen LogP contribution in [0.25, 0.3) is 39.8 Å². The Labute approximate surface area is 191 Å². The highest BCUT2D eigenvalue weighted by Gasteiger charge is 2.16. The Morgan fingerprint density at radius 3 is 2.71 bits per heavy atom. The van der Waals surface area contributed by atoms with Gasteiger partial charge in [0, 0.05) is 35.3 Å². The Bertz CT molecular complexity index is 1600. The van der Waals surface area contributed by atoms with E-state index in [-0.39, 0.29) is 5.69 Å². The molecule has 5 heterocycles. The summed E-state index contributed by atoms with van der Waals surface area (Å²) in [6.07, 6.45) is 4.93. The maximum Gasteiger partial charge on any atom is 0.277 e. The number of benzene rings is 1. The van der Waals surface area contributed by atoms with Gasteiger partial charge in [-0.15, -0.1) is 10.2 Å². The van der Waals surface area contributed by atoms with Crippen LogP contribution >= 0.6 is 0 Å². The molecule has 6 aromatic rings. The van der Waals surface area contributed by atoms with Crippen molar-refractivity contribution < 1.29 is 13.7 Å². The van der Waals surface area contributed by atoms with Crippen LogP contribution in [0.4, 0.5) is 5.69 Å². The third kappa shape index (κ3) is 3.58. The molecule has 5 aromatic heterocycles. The number of carbonyl (C=O) groups excluding carboxylic acids is 1. The summed E-state index contributed by atoms with van der Waals surface area (Å²) in [5.74, 6) is 1.06. The molecule has 164 valence electrons. The Kier molecular flexibility index (Phi) is 4.66. The van der Waals surface area contributed by atoms with Crippen LogP contribution in [0.5, 0.6) is 0 Å². The second-order valence-electron chi connectivity index (χ2n) is 7.34. The number of hydrogen-bond donors (Lipinski definition) is 1. The van der Waals surface area contributed by atoms with Crippen molar-refractivity contribution in [2.45, 2.75) is 0 Å². The third-order valence-corrected chi connectivity index (χ3v) is 5.11. The first-order valence-corrected chi connectivity index (χ1v) is 10.3. The van der Waals surface area contributed by atoms with Crippen molar-refractivity contribution in [3.05, 3.63) is 91.1 Å². The topological polar surface area (TPSA) is 124 Å². The number of nitrogens with one attached hydrogen (secondary N) is 1. The van der Waals surface area contributed by atoms with Gasteiger partial charge in [-0.1, -0.05) is 17.3 Å². The monoisotopic (exact) mass is 449 g/mol. The van der Waals surface area contributed by atoms with Crippen LogP contribution in [0.15, 0.2) is 94.3 Å². The van der Waals surface area contributed by atoms with Crippen molar-refractivity contribution in [3.8, 4) is 34.2 Å². The number of hydrogen-bond acceptors (Lipinski definition) is 8. The molecule has 0 spiro atoms. The molecule has 10 heteroatoms. The van der Waals surface area contributed by atoms with E-state index < -0.39 is 5.91 Å². The summed E-state index contributed by atoms with van der Waals surface area (Å²) >= 11 is 0. The number of aromatic nitrogens is 6. The molecule has 0 fully saturated rings. The van der Waals surface area contributed by atoms with Crippen molar-refractivity contribution in [2.24, 2.45) is 0 Å². The Hall–Kier alpha value is -5.12. The first kappa shape index (κ1) is 19.6. The van der Waals surface area contributed by atoms with E-state index in [4.69, 9.17) is 14.0 Å². The van der Waals surface area contributed by atoms with Gasteiger partial charge in [0.1, 0.15) is 0 Å². The molecule has 0 radical (unpaired) electrons. The van der Waals surface area contributed by atoms with E-state index >= 15 is 0 Å². The fraction of sp³-hybridized carbons (Fsp3) is 0. The second kappa shape index (κ2) is 8.10. The number of carbonyl (C=O) groups is 1. The number of amides is 1. The molecule has 1 N–H and O–H groups in total. The molecule has 0 unspecified atom stereocenters. The fourth-order valence-corrected chi connectivity index (χ4v) is 3.49. The summed E-state index contributed by atoms with van der Waals surface area (Å²) in [7, 11) is 0. The molecular weight excluding hydrogens is 434 g/mol. The van der Waals surface area contributed by atoms with Crippen LogP contribution in [-0.4, -0.2) is 35.9 Å². The molecule has 0 saturated carbocycles. The van der Waals surface area contributed by atoms with E-state index in [1.165, 1.54) is 12.3 Å². The number of pyridine rings is 1. The van der Waals surface area contributed by atoms with Gasteiger partial charge >= 0.3 is 0 Å². The fourth-order valence-electron chi connectivity index (χ4n) is 3.49. The van der Waals surface area contributed by atoms with E-state index in [9.17, 15) is 4.79 Å². The molecule has 0 atom stereocenters. The van der Waals surface area contributed by atoms with Gasteiger partial charge in [0.05, 0.1) is 12.0 Å². The van der Waals surface area contributed by atoms with Gasteiger partial charge in [0.15, 0.2) is 22.9 Å². The Morgan fingerprint density at radius 2 is 1.85 bits per heavy atom. The Balaban J connectivity index is 1.28. The lowest BCUT2D eigenvalue weighted by atomic mass is 10.1. The lowest BCUT2D eigenvalue weighted by Gasteiger charge is -2.07. The van der Waals surface area contributed by atoms with Crippen LogP contribution in [-0.2, 0) is 0 Å². The van der Waals surface area contributed by atoms with E-state index in [1.54, 1.807) is 35.1 Å². The van der Waals surface area contributed by atoms with Crippen LogP contribution in [0.2, 0.25) is 0 Å². The van der Waals surface area contributed by atoms with Gasteiger partial charge < -0.3 is 14.3 Å². The molecule has 0 bridgehead atoms. The second-order valence-corrected chi connectivity index (χ2v) is 7.34. The minimum atomic E-state index is -0.403. The lowest BCUT2D eigenvalue weighted by molar-refractivity contribution is 0.101. The molecule has 0 aliphatic carbocycles. The molecule has 0 saturated heterocycles. The standard InChI is InChI=1S/C24H15N7O3/c32-24(19-13-21(34-30-19)20-7-3-11-33-20)26-17-6-1-4-15(12-17)18-8-9-22-27-28-23(31(22)29-18)16-5-2-10-25-14-16/h1-14H,(H,26,32). The highest BCUT2D eigenvalue weighted by atomic mass is 16.5. The van der Waals surface area contributed by atoms with Gasteiger partial charge in [0.2, 0.25) is 5.76 Å². The van der Waals surface area contributed by atoms with E-state index in [0.717, 1.165) is 11.1 Å². The van der Waals surface area contributed by atoms with E-state index in [2.05, 4.69) is 25.7 Å². The number of nitrogens with zero attached hydrogens (tertiary/aromatic N) is 6. The minimum absolute atomic E-state index is 0.141. The van der Waals surface area contributed by atoms with Gasteiger partial charge in [-0.25, -0.2) is 0 Å². The highest BCUT2D eigenvalue weighted by Crippen LogP contribution is 2.24. The molecule has 10 nitrogen and oxygen atoms in total. The highest BCUT2D eigenvalue weighted by molar-refractivity contribution is 6.03. The van der Waals surface area contributed by atoms with Crippen LogP contribution in [0, 0.1) is 0 Å². The number of anilines is 1. The Morgan fingerprint density at radius 1 is 0.912 bits per heavy atom. The molecule has 0 aliphatic rings. The molecule has 0 aliphatic heterocycles. The van der Waals surface area contributed by atoms with Crippen molar-refractivity contribution in [3.63, 3.8) is 0 Å². The first-order valence-electron chi connectivity index (χ1n) is 10.3. The van der Waals surface area contributed by atoms with Gasteiger partial charge in [-0.05, 0) is 48.5 Å². The molecule has 6 rings (SSSR count). The van der Waals surface area contributed by atoms with Crippen molar-refractivity contribution in [1.82, 2.24) is 30.0 Å². The predicted octanol–water partition coefficient (Wildman–Crippen LogP) is 4.35. The maximum atomic E-state index is 12.7. The van der Waals surface area contributed by atoms with E-state index in [1.807, 2.05) is 42.5 Å². The van der Waals surface area contributed by atoms with Gasteiger partial charge in [-0.2, -0.15) is 9.61 Å². The van der Waals surface area contributed by atoms with Gasteiger partial charge in [0.25, 0.3) is 5.91 Å². The molecule has 34 heavy (non-hydrogen) atoms. The normalized spacial score (nSPS) is 11.1. The largest absolute Gasteiger partial charge is 0.461 e. The third-order valence-electron chi connectivity index (χ3n) is 5.11. The maximum absolute atomic E-state index is 12.7. The first-order chi connectivity index (χ1) is 16.7. The van der Waals surface area contributed by atoms with Crippen LogP contribution in [0.3, 0.4) is 0 Å². The van der Waals surface area contributed by atoms with E-state index in [0.29, 0.717) is 34.4 Å². The number of furan rings is 1. The van der Waals surface area contributed by atoms with Crippen molar-refractivity contribution in [1.29, 1.82) is 0 Å². The van der Waals surface area contributed by atoms with Gasteiger partial charge in [-0.3, -0.25) is 9.78 Å². The summed E-state index contributed by atoms with van der Waals surface area (Å²) in [5, 5.41) is 19.8. The zero-order valence-electron chi connectivity index (χ0n) is 17.5. The zero-order chi connectivity index (χ0) is 22.9. The zero-order valence-corrected chi connectivity index (χ0v) is 17.5. The van der Waals surface area contributed by atoms with Crippen molar-refractivity contribution in [2.75, 3.05) is 5.32 Å². The predicted molar refractivity (Wildman–Crippen MR) is 122 cm³/mol. The van der Waals surface area contributed by atoms with Crippen LogP contribution < -0.4 is 5.32 Å². The average Bonchev–Trinajstić information content (AvgIpc) is 3.65. The van der Waals surface area contributed by atoms with Crippen LogP contribution in [0.1, 0.15) is 10.5 Å². The summed E-state index contributed by atoms with van der Waals surface area (Å²) in [4.78, 5) is 16.8. The summed E-state index contributed by atoms with van der Waals surface area (Å²) in [5.41, 5.74) is 3.65. The summed E-state index contributed by atoms with van der Waals surface area (Å²) in [6.45, 7) is 0. The smallest absolute Gasteiger partial charge is 0.277 e. The van der Waals surface area contributed by atoms with Crippen molar-refractivity contribution >= 4 is 17.2 Å². The number of fused-ring (bicyclic) bond motifs is 1. The molecule has 1 amide bonds.